The highest BCUT2D eigenvalue weighted by Gasteiger charge is 1.96. The largest absolute Gasteiger partial charge is 0.372 e. The molecule has 1 radical (unpaired) electrons. The molecule has 3 heteroatoms. The zero-order valence-corrected chi connectivity index (χ0v) is 6.66. The van der Waals surface area contributed by atoms with Gasteiger partial charge in [0.05, 0.1) is 6.42 Å². The Labute approximate surface area is 66.4 Å². The van der Waals surface area contributed by atoms with Gasteiger partial charge in [0.15, 0.2) is 0 Å². The molecule has 0 rings (SSSR count). The second-order valence-corrected chi connectivity index (χ2v) is 1.97. The third-order valence-electron chi connectivity index (χ3n) is 0.720. The molecule has 55 valence electrons. The van der Waals surface area contributed by atoms with Crippen LogP contribution in [0.2, 0.25) is 0 Å². The van der Waals surface area contributed by atoms with E-state index in [1.807, 2.05) is 6.92 Å². The van der Waals surface area contributed by atoms with E-state index >= 15 is 0 Å². The van der Waals surface area contributed by atoms with Crippen LogP contribution < -0.4 is 0 Å². The summed E-state index contributed by atoms with van der Waals surface area (Å²) in [5.41, 5.74) is 0. The van der Waals surface area contributed by atoms with Crippen LogP contribution in [0.4, 0.5) is 0 Å². The molecule has 0 unspecified atom stereocenters. The van der Waals surface area contributed by atoms with Crippen LogP contribution in [0.25, 0.3) is 0 Å². The zero-order valence-electron chi connectivity index (χ0n) is 5.85. The van der Waals surface area contributed by atoms with E-state index < -0.39 is 0 Å². The molecule has 0 aliphatic rings. The maximum absolute atomic E-state index is 10.5. The lowest BCUT2D eigenvalue weighted by molar-refractivity contribution is -0.136. The fraction of sp³-hybridized carbons (Fsp3) is 0.571. The van der Waals surface area contributed by atoms with Gasteiger partial charge in [-0.05, 0) is 0 Å². The van der Waals surface area contributed by atoms with Crippen molar-refractivity contribution in [2.45, 2.75) is 19.8 Å². The summed E-state index contributed by atoms with van der Waals surface area (Å²) in [5, 5.41) is 0. The molecule has 0 heterocycles. The molecule has 0 atom stereocenters. The summed E-state index contributed by atoms with van der Waals surface area (Å²) < 4.78 is 4.46. The second-order valence-electron chi connectivity index (χ2n) is 1.56. The van der Waals surface area contributed by atoms with Crippen LogP contribution in [-0.4, -0.2) is 11.7 Å². The van der Waals surface area contributed by atoms with Crippen molar-refractivity contribution in [3.8, 4) is 12.0 Å². The molecule has 2 nitrogen and oxygen atoms in total. The molecule has 0 amide bonds. The molecule has 10 heavy (non-hydrogen) atoms. The average molecular weight is 157 g/mol. The van der Waals surface area contributed by atoms with Crippen molar-refractivity contribution in [1.82, 2.24) is 0 Å². The summed E-state index contributed by atoms with van der Waals surface area (Å²) in [6, 6.07) is 0. The minimum Gasteiger partial charge on any atom is -0.372 e. The summed E-state index contributed by atoms with van der Waals surface area (Å²) in [6.07, 6.45) is 3.24. The fourth-order valence-corrected chi connectivity index (χ4v) is 0.466. The minimum atomic E-state index is -0.337. The van der Waals surface area contributed by atoms with Crippen molar-refractivity contribution in [2.75, 3.05) is 5.75 Å². The van der Waals surface area contributed by atoms with Crippen molar-refractivity contribution in [3.05, 3.63) is 0 Å². The smallest absolute Gasteiger partial charge is 0.320 e. The Hall–Kier alpha value is -0.620. The van der Waals surface area contributed by atoms with Gasteiger partial charge in [-0.2, -0.15) is 0 Å². The monoisotopic (exact) mass is 157 g/mol. The third-order valence-corrected chi connectivity index (χ3v) is 0.924. The first kappa shape index (κ1) is 9.38. The van der Waals surface area contributed by atoms with Gasteiger partial charge in [0.2, 0.25) is 0 Å². The Bertz CT molecular complexity index is 155. The topological polar surface area (TPSA) is 26.3 Å². The SMILES string of the molecule is CCC#COC(=O)CC[S]. The first-order valence-electron chi connectivity index (χ1n) is 3.07. The quantitative estimate of drug-likeness (QED) is 0.448. The maximum Gasteiger partial charge on any atom is 0.320 e. The number of hydrogen-bond donors (Lipinski definition) is 0. The summed E-state index contributed by atoms with van der Waals surface area (Å²) >= 11 is 4.56. The van der Waals surface area contributed by atoms with E-state index in [2.05, 4.69) is 29.4 Å². The molecule has 0 saturated heterocycles. The molecule has 0 aromatic carbocycles. The van der Waals surface area contributed by atoms with Gasteiger partial charge in [0.1, 0.15) is 6.11 Å². The van der Waals surface area contributed by atoms with Crippen LogP contribution in [-0.2, 0) is 9.53 Å². The van der Waals surface area contributed by atoms with Crippen molar-refractivity contribution < 1.29 is 9.53 Å². The summed E-state index contributed by atoms with van der Waals surface area (Å²) in [4.78, 5) is 10.5. The second kappa shape index (κ2) is 6.50. The number of hydrogen-bond acceptors (Lipinski definition) is 2. The highest BCUT2D eigenvalue weighted by Crippen LogP contribution is 1.86. The van der Waals surface area contributed by atoms with Gasteiger partial charge in [0.25, 0.3) is 0 Å². The zero-order chi connectivity index (χ0) is 7.82. The van der Waals surface area contributed by atoms with Crippen molar-refractivity contribution in [2.24, 2.45) is 0 Å². The highest BCUT2D eigenvalue weighted by atomic mass is 32.1. The van der Waals surface area contributed by atoms with E-state index in [-0.39, 0.29) is 12.4 Å². The Morgan fingerprint density at radius 2 is 2.40 bits per heavy atom. The number of carbonyl (C=O) groups is 1. The van der Waals surface area contributed by atoms with E-state index in [1.54, 1.807) is 0 Å². The molecule has 0 aliphatic heterocycles. The Balaban J connectivity index is 3.39. The lowest BCUT2D eigenvalue weighted by Gasteiger charge is -1.89. The van der Waals surface area contributed by atoms with Crippen LogP contribution in [0.15, 0.2) is 0 Å². The normalized spacial score (nSPS) is 7.80. The van der Waals surface area contributed by atoms with Gasteiger partial charge in [-0.25, -0.2) is 0 Å². The van der Waals surface area contributed by atoms with Crippen molar-refractivity contribution >= 4 is 18.6 Å². The van der Waals surface area contributed by atoms with Gasteiger partial charge in [-0.3, -0.25) is 4.79 Å². The standard InChI is InChI=1S/C7H9O2S/c1-2-3-5-9-7(8)4-6-10/h2,4,6H2,1H3. The predicted octanol–water partition coefficient (Wildman–Crippen LogP) is 1.49. The number of carbonyl (C=O) groups excluding carboxylic acids is 1. The van der Waals surface area contributed by atoms with Gasteiger partial charge in [-0.1, -0.05) is 25.5 Å². The summed E-state index contributed by atoms with van der Waals surface area (Å²) in [5.74, 6) is 2.67. The molecule has 0 saturated carbocycles. The van der Waals surface area contributed by atoms with Gasteiger partial charge in [0, 0.05) is 12.2 Å². The van der Waals surface area contributed by atoms with Crippen LogP contribution >= 0.6 is 12.6 Å². The summed E-state index contributed by atoms with van der Waals surface area (Å²) in [6.45, 7) is 1.88. The Kier molecular flexibility index (Phi) is 6.10. The van der Waals surface area contributed by atoms with E-state index in [1.165, 1.54) is 0 Å². The Morgan fingerprint density at radius 1 is 1.70 bits per heavy atom. The first-order valence-corrected chi connectivity index (χ1v) is 3.64. The molecular weight excluding hydrogens is 148 g/mol. The Morgan fingerprint density at radius 3 is 2.90 bits per heavy atom. The van der Waals surface area contributed by atoms with Crippen LogP contribution in [0.1, 0.15) is 19.8 Å². The lowest BCUT2D eigenvalue weighted by atomic mass is 10.5. The van der Waals surface area contributed by atoms with Crippen LogP contribution in [0.3, 0.4) is 0 Å². The van der Waals surface area contributed by atoms with Crippen molar-refractivity contribution in [1.29, 1.82) is 0 Å². The van der Waals surface area contributed by atoms with E-state index in [9.17, 15) is 4.79 Å². The fourth-order valence-electron chi connectivity index (χ4n) is 0.300. The van der Waals surface area contributed by atoms with Crippen LogP contribution in [0, 0.1) is 12.0 Å². The number of ether oxygens (including phenoxy) is 1. The molecular formula is C7H9O2S. The van der Waals surface area contributed by atoms with E-state index in [0.717, 1.165) is 0 Å². The number of esters is 1. The van der Waals surface area contributed by atoms with E-state index in [0.29, 0.717) is 12.2 Å². The molecule has 0 aliphatic carbocycles. The average Bonchev–Trinajstić information content (AvgIpc) is 1.89. The van der Waals surface area contributed by atoms with Gasteiger partial charge >= 0.3 is 5.97 Å². The number of rotatable bonds is 2. The minimum absolute atomic E-state index is 0.272. The molecule has 0 bridgehead atoms. The van der Waals surface area contributed by atoms with Gasteiger partial charge < -0.3 is 4.74 Å². The maximum atomic E-state index is 10.5. The molecule has 0 spiro atoms. The van der Waals surface area contributed by atoms with Gasteiger partial charge in [-0.15, -0.1) is 0 Å². The highest BCUT2D eigenvalue weighted by molar-refractivity contribution is 7.80. The van der Waals surface area contributed by atoms with Crippen molar-refractivity contribution in [3.63, 3.8) is 0 Å². The van der Waals surface area contributed by atoms with E-state index in [4.69, 9.17) is 0 Å². The molecule has 0 aromatic heterocycles. The lowest BCUT2D eigenvalue weighted by Crippen LogP contribution is -1.99. The predicted molar refractivity (Wildman–Crippen MR) is 41.2 cm³/mol. The molecule has 0 aromatic rings. The first-order chi connectivity index (χ1) is 4.81. The third kappa shape index (κ3) is 5.52. The van der Waals surface area contributed by atoms with Crippen LogP contribution in [0.5, 0.6) is 0 Å². The molecule has 0 fully saturated rings. The summed E-state index contributed by atoms with van der Waals surface area (Å²) in [7, 11) is 0. The molecule has 0 N–H and O–H groups in total.